The summed E-state index contributed by atoms with van der Waals surface area (Å²) in [5.41, 5.74) is 3.96. The van der Waals surface area contributed by atoms with E-state index >= 15 is 0 Å². The Morgan fingerprint density at radius 2 is 1.69 bits per heavy atom. The van der Waals surface area contributed by atoms with Gasteiger partial charge in [-0.3, -0.25) is 18.8 Å². The van der Waals surface area contributed by atoms with Crippen LogP contribution in [-0.2, 0) is 6.54 Å². The van der Waals surface area contributed by atoms with Crippen molar-refractivity contribution in [2.24, 2.45) is 0 Å². The highest BCUT2D eigenvalue weighted by Gasteiger charge is 2.13. The molecule has 2 heterocycles. The minimum absolute atomic E-state index is 0.0306. The van der Waals surface area contributed by atoms with Crippen LogP contribution in [0.1, 0.15) is 37.4 Å². The molecule has 0 saturated heterocycles. The van der Waals surface area contributed by atoms with Gasteiger partial charge in [-0.15, -0.1) is 0 Å². The Kier molecular flexibility index (Phi) is 5.81. The molecule has 0 atom stereocenters. The van der Waals surface area contributed by atoms with Gasteiger partial charge >= 0.3 is 0 Å². The highest BCUT2D eigenvalue weighted by atomic mass is 16.2. The van der Waals surface area contributed by atoms with Crippen molar-refractivity contribution in [1.29, 1.82) is 0 Å². The van der Waals surface area contributed by atoms with E-state index < -0.39 is 11.5 Å². The number of anilines is 1. The third-order valence-corrected chi connectivity index (χ3v) is 5.05. The highest BCUT2D eigenvalue weighted by molar-refractivity contribution is 6.04. The summed E-state index contributed by atoms with van der Waals surface area (Å²) in [5, 5.41) is 5.61. The number of carbonyl (C=O) groups excluding carboxylic acids is 2. The fraction of sp³-hybridized carbons (Fsp3) is 0.120. The summed E-state index contributed by atoms with van der Waals surface area (Å²) in [6, 6.07) is 18.1. The van der Waals surface area contributed by atoms with Crippen LogP contribution < -0.4 is 16.2 Å². The van der Waals surface area contributed by atoms with E-state index in [1.54, 1.807) is 42.6 Å². The third-order valence-electron chi connectivity index (χ3n) is 5.05. The van der Waals surface area contributed by atoms with Gasteiger partial charge in [0.25, 0.3) is 17.4 Å². The first-order valence-corrected chi connectivity index (χ1v) is 10.1. The number of pyridine rings is 1. The van der Waals surface area contributed by atoms with Gasteiger partial charge in [0.1, 0.15) is 11.2 Å². The molecule has 0 aliphatic carbocycles. The zero-order valence-electron chi connectivity index (χ0n) is 17.8. The van der Waals surface area contributed by atoms with Gasteiger partial charge in [-0.1, -0.05) is 35.9 Å². The maximum Gasteiger partial charge on any atom is 0.270 e. The first kappa shape index (κ1) is 21.0. The number of nitrogens with zero attached hydrogens (tertiary/aromatic N) is 2. The number of rotatable bonds is 5. The van der Waals surface area contributed by atoms with Crippen LogP contribution in [0.25, 0.3) is 5.65 Å². The quantitative estimate of drug-likeness (QED) is 0.511. The molecule has 0 aliphatic rings. The van der Waals surface area contributed by atoms with E-state index in [1.807, 2.05) is 38.1 Å². The first-order valence-electron chi connectivity index (χ1n) is 10.1. The molecule has 0 fully saturated rings. The standard InChI is InChI=1S/C25H22N4O3/c1-16-6-9-19(10-7-16)23(30)28-20-5-3-4-18(12-20)13-27-24(31)21-14-26-22-11-8-17(2)15-29(22)25(21)32/h3-12,14-15H,13H2,1-2H3,(H,27,31)(H,28,30). The molecule has 4 rings (SSSR count). The van der Waals surface area contributed by atoms with Gasteiger partial charge in [0.05, 0.1) is 0 Å². The lowest BCUT2D eigenvalue weighted by Crippen LogP contribution is -2.31. The zero-order valence-corrected chi connectivity index (χ0v) is 17.8. The predicted octanol–water partition coefficient (Wildman–Crippen LogP) is 3.49. The molecule has 0 spiro atoms. The summed E-state index contributed by atoms with van der Waals surface area (Å²) in [6.07, 6.45) is 2.95. The number of fused-ring (bicyclic) bond motifs is 1. The number of aryl methyl sites for hydroxylation is 2. The molecule has 0 saturated carbocycles. The Labute approximate surface area is 184 Å². The van der Waals surface area contributed by atoms with E-state index in [4.69, 9.17) is 0 Å². The first-order chi connectivity index (χ1) is 15.4. The molecular formula is C25H22N4O3. The number of hydrogen-bond acceptors (Lipinski definition) is 4. The van der Waals surface area contributed by atoms with E-state index in [9.17, 15) is 14.4 Å². The minimum Gasteiger partial charge on any atom is -0.348 e. The van der Waals surface area contributed by atoms with Gasteiger partial charge in [0, 0.05) is 30.2 Å². The Balaban J connectivity index is 1.45. The van der Waals surface area contributed by atoms with Crippen LogP contribution in [0.2, 0.25) is 0 Å². The summed E-state index contributed by atoms with van der Waals surface area (Å²) in [5.74, 6) is -0.718. The number of amides is 2. The topological polar surface area (TPSA) is 92.6 Å². The van der Waals surface area contributed by atoms with E-state index in [0.29, 0.717) is 16.9 Å². The molecule has 2 amide bonds. The molecule has 160 valence electrons. The molecule has 0 unspecified atom stereocenters. The second kappa shape index (κ2) is 8.85. The molecule has 0 bridgehead atoms. The van der Waals surface area contributed by atoms with Crippen molar-refractivity contribution >= 4 is 23.1 Å². The van der Waals surface area contributed by atoms with Crippen molar-refractivity contribution in [3.8, 4) is 0 Å². The Morgan fingerprint density at radius 3 is 2.47 bits per heavy atom. The summed E-state index contributed by atoms with van der Waals surface area (Å²) in [6.45, 7) is 4.02. The van der Waals surface area contributed by atoms with E-state index in [0.717, 1.165) is 16.7 Å². The molecule has 0 radical (unpaired) electrons. The average Bonchev–Trinajstić information content (AvgIpc) is 2.79. The van der Waals surface area contributed by atoms with Crippen LogP contribution in [0.15, 0.2) is 77.9 Å². The van der Waals surface area contributed by atoms with Gasteiger partial charge in [-0.05, 0) is 55.3 Å². The summed E-state index contributed by atoms with van der Waals surface area (Å²) in [4.78, 5) is 41.9. The second-order valence-corrected chi connectivity index (χ2v) is 7.61. The van der Waals surface area contributed by atoms with Crippen LogP contribution in [0.3, 0.4) is 0 Å². The van der Waals surface area contributed by atoms with Gasteiger partial charge in [-0.2, -0.15) is 0 Å². The maximum atomic E-state index is 12.7. The Morgan fingerprint density at radius 1 is 0.938 bits per heavy atom. The highest BCUT2D eigenvalue weighted by Crippen LogP contribution is 2.13. The molecule has 0 aliphatic heterocycles. The molecule has 7 heteroatoms. The lowest BCUT2D eigenvalue weighted by molar-refractivity contribution is 0.0948. The molecule has 2 aromatic carbocycles. The van der Waals surface area contributed by atoms with Crippen LogP contribution in [0.4, 0.5) is 5.69 Å². The smallest absolute Gasteiger partial charge is 0.270 e. The molecule has 32 heavy (non-hydrogen) atoms. The van der Waals surface area contributed by atoms with Gasteiger partial charge in [-0.25, -0.2) is 4.98 Å². The Hall–Kier alpha value is -4.26. The zero-order chi connectivity index (χ0) is 22.7. The number of benzene rings is 2. The average molecular weight is 426 g/mol. The van der Waals surface area contributed by atoms with Crippen LogP contribution >= 0.6 is 0 Å². The number of aromatic nitrogens is 2. The second-order valence-electron chi connectivity index (χ2n) is 7.61. The van der Waals surface area contributed by atoms with Crippen molar-refractivity contribution < 1.29 is 9.59 Å². The maximum absolute atomic E-state index is 12.7. The largest absolute Gasteiger partial charge is 0.348 e. The monoisotopic (exact) mass is 426 g/mol. The van der Waals surface area contributed by atoms with Crippen molar-refractivity contribution in [3.05, 3.63) is 111 Å². The van der Waals surface area contributed by atoms with Crippen molar-refractivity contribution in [3.63, 3.8) is 0 Å². The summed E-state index contributed by atoms with van der Waals surface area (Å²) < 4.78 is 1.37. The predicted molar refractivity (Wildman–Crippen MR) is 123 cm³/mol. The molecule has 7 nitrogen and oxygen atoms in total. The number of hydrogen-bond donors (Lipinski definition) is 2. The lowest BCUT2D eigenvalue weighted by atomic mass is 10.1. The van der Waals surface area contributed by atoms with Gasteiger partial charge < -0.3 is 10.6 Å². The lowest BCUT2D eigenvalue weighted by Gasteiger charge is -2.09. The van der Waals surface area contributed by atoms with Crippen LogP contribution in [-0.4, -0.2) is 21.2 Å². The molecule has 4 aromatic rings. The van der Waals surface area contributed by atoms with Crippen molar-refractivity contribution in [2.75, 3.05) is 5.32 Å². The fourth-order valence-corrected chi connectivity index (χ4v) is 3.28. The number of carbonyl (C=O) groups is 2. The third kappa shape index (κ3) is 4.57. The summed E-state index contributed by atoms with van der Waals surface area (Å²) in [7, 11) is 0. The van der Waals surface area contributed by atoms with Crippen molar-refractivity contribution in [2.45, 2.75) is 20.4 Å². The Bertz CT molecular complexity index is 1370. The normalized spacial score (nSPS) is 10.7. The van der Waals surface area contributed by atoms with Crippen LogP contribution in [0.5, 0.6) is 0 Å². The van der Waals surface area contributed by atoms with E-state index in [1.165, 1.54) is 10.6 Å². The van der Waals surface area contributed by atoms with E-state index in [2.05, 4.69) is 15.6 Å². The number of nitrogens with one attached hydrogen (secondary N) is 2. The molecule has 2 aromatic heterocycles. The SMILES string of the molecule is Cc1ccc(C(=O)Nc2cccc(CNC(=O)c3cnc4ccc(C)cn4c3=O)c2)cc1. The minimum atomic E-state index is -0.507. The molecule has 2 N–H and O–H groups in total. The van der Waals surface area contributed by atoms with E-state index in [-0.39, 0.29) is 18.0 Å². The van der Waals surface area contributed by atoms with Crippen molar-refractivity contribution in [1.82, 2.24) is 14.7 Å². The van der Waals surface area contributed by atoms with Gasteiger partial charge in [0.2, 0.25) is 0 Å². The van der Waals surface area contributed by atoms with Gasteiger partial charge in [0.15, 0.2) is 0 Å². The fourth-order valence-electron chi connectivity index (χ4n) is 3.28. The van der Waals surface area contributed by atoms with Crippen LogP contribution in [0, 0.1) is 13.8 Å². The summed E-state index contributed by atoms with van der Waals surface area (Å²) >= 11 is 0. The molecular weight excluding hydrogens is 404 g/mol.